The van der Waals surface area contributed by atoms with E-state index in [1.54, 1.807) is 0 Å². The molecule has 0 aliphatic heterocycles. The summed E-state index contributed by atoms with van der Waals surface area (Å²) in [6.45, 7) is 2.60. The van der Waals surface area contributed by atoms with Gasteiger partial charge in [0.15, 0.2) is 15.6 Å². The Hall–Kier alpha value is -5.02. The molecule has 4 rings (SSSR count). The molecule has 48 heavy (non-hydrogen) atoms. The van der Waals surface area contributed by atoms with Gasteiger partial charge in [0.25, 0.3) is 20.2 Å². The lowest BCUT2D eigenvalue weighted by Crippen LogP contribution is -2.08. The number of hydrogen-bond acceptors (Lipinski definition) is 14. The zero-order chi connectivity index (χ0) is 35.6. The predicted octanol–water partition coefficient (Wildman–Crippen LogP) is 5.64. The Morgan fingerprint density at radius 1 is 0.771 bits per heavy atom. The van der Waals surface area contributed by atoms with E-state index in [2.05, 4.69) is 25.8 Å². The molecule has 0 heterocycles. The molecule has 0 aliphatic rings. The summed E-state index contributed by atoms with van der Waals surface area (Å²) in [7, 11) is -10.8. The van der Waals surface area contributed by atoms with Crippen molar-refractivity contribution in [3.05, 3.63) is 54.6 Å². The second kappa shape index (κ2) is 13.6. The summed E-state index contributed by atoms with van der Waals surface area (Å²) in [5.74, 6) is -1.60. The molecule has 0 aliphatic carbocycles. The topological polar surface area (TPSA) is 260 Å². The van der Waals surface area contributed by atoms with Gasteiger partial charge in [-0.25, -0.2) is 8.42 Å². The highest BCUT2D eigenvalue weighted by atomic mass is 32.2. The third-order valence-electron chi connectivity index (χ3n) is 6.60. The number of amides is 1. The maximum atomic E-state index is 12.4. The molecule has 0 saturated carbocycles. The van der Waals surface area contributed by atoms with Gasteiger partial charge in [0.2, 0.25) is 5.91 Å². The van der Waals surface area contributed by atoms with E-state index in [1.165, 1.54) is 57.5 Å². The minimum atomic E-state index is -5.15. The van der Waals surface area contributed by atoms with Gasteiger partial charge in [-0.05, 0) is 47.9 Å². The molecule has 0 aromatic heterocycles. The predicted molar refractivity (Wildman–Crippen MR) is 172 cm³/mol. The Kier molecular flexibility index (Phi) is 10.2. The molecular weight excluding hydrogens is 695 g/mol. The molecule has 4 aromatic carbocycles. The van der Waals surface area contributed by atoms with Crippen molar-refractivity contribution in [1.29, 1.82) is 0 Å². The number of nitrogens with one attached hydrogen (secondary N) is 1. The number of aromatic hydroxyl groups is 1. The van der Waals surface area contributed by atoms with Crippen molar-refractivity contribution in [2.45, 2.75) is 28.5 Å². The third kappa shape index (κ3) is 7.74. The van der Waals surface area contributed by atoms with E-state index in [0.29, 0.717) is 5.69 Å². The van der Waals surface area contributed by atoms with Crippen LogP contribution in [0.1, 0.15) is 13.8 Å². The number of phenolic OH excluding ortho intramolecular Hbond substituents is 1. The van der Waals surface area contributed by atoms with Crippen LogP contribution in [0.3, 0.4) is 0 Å². The van der Waals surface area contributed by atoms with Gasteiger partial charge >= 0.3 is 0 Å². The zero-order valence-corrected chi connectivity index (χ0v) is 27.9. The first kappa shape index (κ1) is 35.8. The van der Waals surface area contributed by atoms with Crippen LogP contribution < -0.4 is 14.8 Å². The van der Waals surface area contributed by atoms with E-state index in [-0.39, 0.29) is 50.0 Å². The first-order valence-electron chi connectivity index (χ1n) is 13.4. The number of sulfone groups is 1. The molecule has 0 bridgehead atoms. The molecule has 0 unspecified atom stereocenters. The number of carbonyl (C=O) groups excluding carboxylic acids is 1. The number of anilines is 1. The largest absolute Gasteiger partial charge is 0.505 e. The molecule has 254 valence electrons. The number of nitrogens with zero attached hydrogens (tertiary/aromatic N) is 4. The van der Waals surface area contributed by atoms with Crippen LogP contribution in [0.15, 0.2) is 89.7 Å². The van der Waals surface area contributed by atoms with Gasteiger partial charge in [-0.1, -0.05) is 6.92 Å². The highest BCUT2D eigenvalue weighted by molar-refractivity contribution is 7.91. The van der Waals surface area contributed by atoms with Crippen molar-refractivity contribution in [1.82, 2.24) is 0 Å². The quantitative estimate of drug-likeness (QED) is 0.108. The molecule has 0 saturated heterocycles. The maximum Gasteiger partial charge on any atom is 0.296 e. The Bertz CT molecular complexity index is 2320. The van der Waals surface area contributed by atoms with Crippen LogP contribution in [-0.4, -0.2) is 65.3 Å². The van der Waals surface area contributed by atoms with Crippen molar-refractivity contribution >= 4 is 75.2 Å². The Morgan fingerprint density at radius 2 is 1.33 bits per heavy atom. The lowest BCUT2D eigenvalue weighted by atomic mass is 10.1. The van der Waals surface area contributed by atoms with Crippen LogP contribution in [0.25, 0.3) is 10.8 Å². The van der Waals surface area contributed by atoms with Gasteiger partial charge in [0, 0.05) is 24.4 Å². The van der Waals surface area contributed by atoms with Crippen LogP contribution in [0, 0.1) is 0 Å². The van der Waals surface area contributed by atoms with Gasteiger partial charge < -0.3 is 19.9 Å². The van der Waals surface area contributed by atoms with Crippen molar-refractivity contribution in [3.8, 4) is 17.2 Å². The molecule has 1 amide bonds. The summed E-state index contributed by atoms with van der Waals surface area (Å²) in [5.41, 5.74) is -0.748. The summed E-state index contributed by atoms with van der Waals surface area (Å²) in [5, 5.41) is 28.9. The van der Waals surface area contributed by atoms with Crippen molar-refractivity contribution in [2.75, 3.05) is 25.3 Å². The van der Waals surface area contributed by atoms with Crippen LogP contribution >= 0.6 is 0 Å². The van der Waals surface area contributed by atoms with Crippen molar-refractivity contribution < 1.29 is 53.7 Å². The Balaban J connectivity index is 1.84. The smallest absolute Gasteiger partial charge is 0.296 e. The number of benzene rings is 4. The summed E-state index contributed by atoms with van der Waals surface area (Å²) in [4.78, 5) is 10.2. The van der Waals surface area contributed by atoms with Gasteiger partial charge in [-0.3, -0.25) is 13.9 Å². The fourth-order valence-corrected chi connectivity index (χ4v) is 6.40. The van der Waals surface area contributed by atoms with Gasteiger partial charge in [-0.15, -0.1) is 15.3 Å². The summed E-state index contributed by atoms with van der Waals surface area (Å²) >= 11 is 0. The number of ether oxygens (including phenoxy) is 2. The van der Waals surface area contributed by atoms with Crippen LogP contribution in [0.5, 0.6) is 17.2 Å². The summed E-state index contributed by atoms with van der Waals surface area (Å²) < 4.78 is 103. The number of hydrogen-bond donors (Lipinski definition) is 4. The molecule has 4 aromatic rings. The fraction of sp³-hybridized carbons (Fsp3) is 0.179. The fourth-order valence-electron chi connectivity index (χ4n) is 4.31. The summed E-state index contributed by atoms with van der Waals surface area (Å²) in [6, 6.07) is 10.8. The number of phenols is 1. The molecule has 0 atom stereocenters. The normalized spacial score (nSPS) is 12.5. The van der Waals surface area contributed by atoms with Crippen molar-refractivity contribution in [2.24, 2.45) is 20.5 Å². The van der Waals surface area contributed by atoms with E-state index in [0.717, 1.165) is 25.1 Å². The van der Waals surface area contributed by atoms with Gasteiger partial charge in [-0.2, -0.15) is 21.9 Å². The lowest BCUT2D eigenvalue weighted by molar-refractivity contribution is -0.114. The number of carbonyl (C=O) groups is 1. The van der Waals surface area contributed by atoms with Crippen LogP contribution in [0.4, 0.5) is 28.4 Å². The number of azo groups is 2. The molecule has 0 fully saturated rings. The minimum absolute atomic E-state index is 0.0169. The van der Waals surface area contributed by atoms with E-state index in [9.17, 15) is 44.3 Å². The van der Waals surface area contributed by atoms with E-state index >= 15 is 0 Å². The summed E-state index contributed by atoms with van der Waals surface area (Å²) in [6.07, 6.45) is 0. The Labute approximate surface area is 274 Å². The zero-order valence-electron chi connectivity index (χ0n) is 25.4. The average molecular weight is 722 g/mol. The number of fused-ring (bicyclic) bond motifs is 1. The second-order valence-corrected chi connectivity index (χ2v) is 14.9. The van der Waals surface area contributed by atoms with E-state index in [1.807, 2.05) is 0 Å². The highest BCUT2D eigenvalue weighted by Crippen LogP contribution is 2.46. The molecule has 4 N–H and O–H groups in total. The maximum absolute atomic E-state index is 12.4. The molecule has 17 nitrogen and oxygen atoms in total. The van der Waals surface area contributed by atoms with E-state index < -0.39 is 57.2 Å². The second-order valence-electron chi connectivity index (χ2n) is 9.77. The SMILES string of the molecule is CCS(=O)(=O)c1ccc(N=Nc2cc(OC)c(N=Nc3c(S(=O)(=O)O)cc4cc(S(=O)(=O)O)cc(NC(C)=O)c4c3O)cc2OC)cc1. The molecular formula is C28H27N5O12S3. The first-order valence-corrected chi connectivity index (χ1v) is 17.9. The number of rotatable bonds is 11. The Morgan fingerprint density at radius 3 is 1.81 bits per heavy atom. The van der Waals surface area contributed by atoms with Gasteiger partial charge in [0.1, 0.15) is 33.5 Å². The average Bonchev–Trinajstić information content (AvgIpc) is 3.01. The molecule has 0 radical (unpaired) electrons. The van der Waals surface area contributed by atoms with E-state index in [4.69, 9.17) is 9.47 Å². The minimum Gasteiger partial charge on any atom is -0.505 e. The third-order valence-corrected chi connectivity index (χ3v) is 10.0. The van der Waals surface area contributed by atoms with Crippen molar-refractivity contribution in [3.63, 3.8) is 0 Å². The van der Waals surface area contributed by atoms with Gasteiger partial charge in [0.05, 0.1) is 41.1 Å². The lowest BCUT2D eigenvalue weighted by Gasteiger charge is -2.14. The van der Waals surface area contributed by atoms with Crippen LogP contribution in [-0.2, 0) is 34.9 Å². The molecule has 20 heteroatoms. The first-order chi connectivity index (χ1) is 22.4. The van der Waals surface area contributed by atoms with Crippen LogP contribution in [0.2, 0.25) is 0 Å². The standard InChI is InChI=1S/C28H27N5O12S3/c1-5-46(36,37)18-8-6-17(7-9-18)30-31-20-13-24(45-4)21(14-23(20)44-3)32-33-27-25(48(41,42)43)11-16-10-19(47(38,39)40)12-22(29-15(2)34)26(16)28(27)35/h6-14,35H,5H2,1-4H3,(H,29,34)(H,38,39,40)(H,41,42,43). The highest BCUT2D eigenvalue weighted by Gasteiger charge is 2.26. The monoisotopic (exact) mass is 721 g/mol. The number of methoxy groups -OCH3 is 2. The molecule has 0 spiro atoms.